The molecular formula is C11H13NO5S. The standard InChI is InChI=1S/C11H13NO5S/c13-8-2-1-6(4-9(8)14)3-7(11(16)17)12-10(15)5-18/h1-2,4,7,13-14,18H,3,5H2,(H,12,15)(H,16,17)/t7-/m0/s1. The molecule has 1 rings (SSSR count). The Labute approximate surface area is 109 Å². The lowest BCUT2D eigenvalue weighted by atomic mass is 10.1. The first kappa shape index (κ1) is 14.2. The van der Waals surface area contributed by atoms with E-state index in [1.807, 2.05) is 0 Å². The van der Waals surface area contributed by atoms with Crippen LogP contribution in [-0.2, 0) is 16.0 Å². The summed E-state index contributed by atoms with van der Waals surface area (Å²) in [5.41, 5.74) is 0.483. The molecular weight excluding hydrogens is 258 g/mol. The van der Waals surface area contributed by atoms with Crippen LogP contribution >= 0.6 is 12.6 Å². The monoisotopic (exact) mass is 271 g/mol. The highest BCUT2D eigenvalue weighted by Gasteiger charge is 2.20. The maximum absolute atomic E-state index is 11.1. The van der Waals surface area contributed by atoms with Gasteiger partial charge in [-0.3, -0.25) is 4.79 Å². The fourth-order valence-corrected chi connectivity index (χ4v) is 1.46. The molecule has 0 aromatic heterocycles. The van der Waals surface area contributed by atoms with Crippen molar-refractivity contribution in [2.75, 3.05) is 5.75 Å². The highest BCUT2D eigenvalue weighted by molar-refractivity contribution is 7.81. The third-order valence-corrected chi connectivity index (χ3v) is 2.54. The van der Waals surface area contributed by atoms with E-state index in [9.17, 15) is 14.7 Å². The van der Waals surface area contributed by atoms with Gasteiger partial charge in [-0.25, -0.2) is 4.79 Å². The van der Waals surface area contributed by atoms with Gasteiger partial charge in [0, 0.05) is 6.42 Å². The lowest BCUT2D eigenvalue weighted by Crippen LogP contribution is -2.42. The predicted molar refractivity (Wildman–Crippen MR) is 66.9 cm³/mol. The van der Waals surface area contributed by atoms with E-state index in [4.69, 9.17) is 10.2 Å². The molecule has 0 fully saturated rings. The number of carbonyl (C=O) groups is 2. The molecule has 6 nitrogen and oxygen atoms in total. The maximum atomic E-state index is 11.1. The molecule has 1 atom stereocenters. The average Bonchev–Trinajstić information content (AvgIpc) is 2.32. The summed E-state index contributed by atoms with van der Waals surface area (Å²) in [6.07, 6.45) is 0.00267. The third-order valence-electron chi connectivity index (χ3n) is 2.26. The van der Waals surface area contributed by atoms with Crippen LogP contribution in [0.15, 0.2) is 18.2 Å². The molecule has 1 amide bonds. The van der Waals surface area contributed by atoms with E-state index < -0.39 is 17.9 Å². The van der Waals surface area contributed by atoms with E-state index in [1.165, 1.54) is 18.2 Å². The van der Waals surface area contributed by atoms with Gasteiger partial charge in [0.15, 0.2) is 11.5 Å². The van der Waals surface area contributed by atoms with Crippen molar-refractivity contribution in [3.8, 4) is 11.5 Å². The van der Waals surface area contributed by atoms with E-state index in [1.54, 1.807) is 0 Å². The predicted octanol–water partition coefficient (Wildman–Crippen LogP) is 0.139. The van der Waals surface area contributed by atoms with E-state index in [-0.39, 0.29) is 23.7 Å². The summed E-state index contributed by atoms with van der Waals surface area (Å²) >= 11 is 3.74. The molecule has 0 heterocycles. The summed E-state index contributed by atoms with van der Waals surface area (Å²) in [5, 5.41) is 29.6. The Hall–Kier alpha value is -1.89. The van der Waals surface area contributed by atoms with Gasteiger partial charge in [0.1, 0.15) is 6.04 Å². The third kappa shape index (κ3) is 3.85. The molecule has 0 aliphatic rings. The smallest absolute Gasteiger partial charge is 0.326 e. The van der Waals surface area contributed by atoms with Crippen molar-refractivity contribution in [1.82, 2.24) is 5.32 Å². The average molecular weight is 271 g/mol. The lowest BCUT2D eigenvalue weighted by Gasteiger charge is -2.14. The number of thiol groups is 1. The van der Waals surface area contributed by atoms with Crippen molar-refractivity contribution in [2.45, 2.75) is 12.5 Å². The molecule has 98 valence electrons. The van der Waals surface area contributed by atoms with Crippen molar-refractivity contribution in [1.29, 1.82) is 0 Å². The zero-order valence-corrected chi connectivity index (χ0v) is 10.2. The van der Waals surface area contributed by atoms with Crippen molar-refractivity contribution < 1.29 is 24.9 Å². The number of hydrogen-bond donors (Lipinski definition) is 5. The molecule has 0 unspecified atom stereocenters. The lowest BCUT2D eigenvalue weighted by molar-refractivity contribution is -0.141. The minimum absolute atomic E-state index is 0.00267. The van der Waals surface area contributed by atoms with Gasteiger partial charge in [-0.1, -0.05) is 6.07 Å². The van der Waals surface area contributed by atoms with Crippen LogP contribution in [0.1, 0.15) is 5.56 Å². The number of aromatic hydroxyl groups is 2. The zero-order valence-electron chi connectivity index (χ0n) is 9.33. The van der Waals surface area contributed by atoms with Crippen LogP contribution < -0.4 is 5.32 Å². The highest BCUT2D eigenvalue weighted by atomic mass is 32.1. The molecule has 1 aromatic rings. The largest absolute Gasteiger partial charge is 0.504 e. The van der Waals surface area contributed by atoms with Crippen molar-refractivity contribution >= 4 is 24.5 Å². The first-order chi connectivity index (χ1) is 8.43. The summed E-state index contributed by atoms with van der Waals surface area (Å²) in [5.74, 6) is -2.40. The zero-order chi connectivity index (χ0) is 13.7. The van der Waals surface area contributed by atoms with Crippen LogP contribution in [0.2, 0.25) is 0 Å². The van der Waals surface area contributed by atoms with Crippen LogP contribution in [0.25, 0.3) is 0 Å². The Morgan fingerprint density at radius 3 is 2.44 bits per heavy atom. The molecule has 0 spiro atoms. The van der Waals surface area contributed by atoms with Crippen LogP contribution in [0.3, 0.4) is 0 Å². The van der Waals surface area contributed by atoms with Crippen molar-refractivity contribution in [3.05, 3.63) is 23.8 Å². The molecule has 0 radical (unpaired) electrons. The number of rotatable bonds is 5. The van der Waals surface area contributed by atoms with Crippen molar-refractivity contribution in [2.24, 2.45) is 0 Å². The number of carboxylic acid groups (broad SMARTS) is 1. The van der Waals surface area contributed by atoms with E-state index in [0.717, 1.165) is 0 Å². The van der Waals surface area contributed by atoms with E-state index in [0.29, 0.717) is 5.56 Å². The quantitative estimate of drug-likeness (QED) is 0.387. The molecule has 1 aromatic carbocycles. The van der Waals surface area contributed by atoms with Gasteiger partial charge in [-0.15, -0.1) is 0 Å². The van der Waals surface area contributed by atoms with E-state index >= 15 is 0 Å². The summed E-state index contributed by atoms with van der Waals surface area (Å²) in [4.78, 5) is 22.1. The topological polar surface area (TPSA) is 107 Å². The van der Waals surface area contributed by atoms with Crippen LogP contribution in [-0.4, -0.2) is 39.0 Å². The molecule has 18 heavy (non-hydrogen) atoms. The summed E-state index contributed by atoms with van der Waals surface area (Å²) < 4.78 is 0. The Morgan fingerprint density at radius 2 is 1.94 bits per heavy atom. The summed E-state index contributed by atoms with van der Waals surface area (Å²) in [6.45, 7) is 0. The van der Waals surface area contributed by atoms with Gasteiger partial charge >= 0.3 is 5.97 Å². The normalized spacial score (nSPS) is 11.8. The molecule has 7 heteroatoms. The molecule has 0 aliphatic heterocycles. The minimum atomic E-state index is -1.18. The van der Waals surface area contributed by atoms with Crippen LogP contribution in [0.5, 0.6) is 11.5 Å². The summed E-state index contributed by atoms with van der Waals surface area (Å²) in [7, 11) is 0. The number of benzene rings is 1. The number of phenolic OH excluding ortho intramolecular Hbond substituents is 2. The number of nitrogens with one attached hydrogen (secondary N) is 1. The Bertz CT molecular complexity index is 463. The van der Waals surface area contributed by atoms with Crippen LogP contribution in [0.4, 0.5) is 0 Å². The number of hydrogen-bond acceptors (Lipinski definition) is 5. The number of amides is 1. The Morgan fingerprint density at radius 1 is 1.28 bits per heavy atom. The second-order valence-corrected chi connectivity index (χ2v) is 3.96. The van der Waals surface area contributed by atoms with Gasteiger partial charge in [0.05, 0.1) is 5.75 Å². The van der Waals surface area contributed by atoms with Gasteiger partial charge in [-0.05, 0) is 17.7 Å². The molecule has 0 bridgehead atoms. The van der Waals surface area contributed by atoms with Gasteiger partial charge < -0.3 is 20.6 Å². The molecule has 4 N–H and O–H groups in total. The molecule has 0 saturated carbocycles. The maximum Gasteiger partial charge on any atom is 0.326 e. The number of carbonyl (C=O) groups excluding carboxylic acids is 1. The number of aliphatic carboxylic acids is 1. The number of carboxylic acids is 1. The SMILES string of the molecule is O=C(CS)N[C@@H](Cc1ccc(O)c(O)c1)C(=O)O. The Kier molecular flexibility index (Phi) is 4.85. The highest BCUT2D eigenvalue weighted by Crippen LogP contribution is 2.25. The van der Waals surface area contributed by atoms with Gasteiger partial charge in [0.25, 0.3) is 0 Å². The van der Waals surface area contributed by atoms with E-state index in [2.05, 4.69) is 17.9 Å². The second kappa shape index (κ2) is 6.15. The fourth-order valence-electron chi connectivity index (χ4n) is 1.37. The second-order valence-electron chi connectivity index (χ2n) is 3.64. The number of phenols is 2. The first-order valence-corrected chi connectivity index (χ1v) is 5.71. The van der Waals surface area contributed by atoms with Crippen molar-refractivity contribution in [3.63, 3.8) is 0 Å². The molecule has 0 aliphatic carbocycles. The Balaban J connectivity index is 2.80. The fraction of sp³-hybridized carbons (Fsp3) is 0.273. The van der Waals surface area contributed by atoms with Gasteiger partial charge in [-0.2, -0.15) is 12.6 Å². The van der Waals surface area contributed by atoms with Crippen LogP contribution in [0, 0.1) is 0 Å². The first-order valence-electron chi connectivity index (χ1n) is 5.08. The molecule has 0 saturated heterocycles. The summed E-state index contributed by atoms with van der Waals surface area (Å²) in [6, 6.07) is 2.87. The van der Waals surface area contributed by atoms with Gasteiger partial charge in [0.2, 0.25) is 5.91 Å². The minimum Gasteiger partial charge on any atom is -0.504 e.